The number of aliphatic carboxylic acids is 1. The minimum absolute atomic E-state index is 0.00327. The Bertz CT molecular complexity index is 1210. The van der Waals surface area contributed by atoms with E-state index in [-0.39, 0.29) is 44.1 Å². The number of nitrogens with zero attached hydrogens (tertiary/aromatic N) is 2. The molecule has 0 spiro atoms. The van der Waals surface area contributed by atoms with Crippen LogP contribution < -0.4 is 33.2 Å². The van der Waals surface area contributed by atoms with Gasteiger partial charge in [-0.15, -0.1) is 0 Å². The molecule has 0 radical (unpaired) electrons. The van der Waals surface area contributed by atoms with Gasteiger partial charge in [-0.3, -0.25) is 24.2 Å². The van der Waals surface area contributed by atoms with Gasteiger partial charge in [-0.1, -0.05) is 32.4 Å². The smallest absolute Gasteiger partial charge is 0.326 e. The normalized spacial score (nSPS) is 17.7. The molecule has 1 aromatic carbocycles. The fourth-order valence-electron chi connectivity index (χ4n) is 4.90. The Morgan fingerprint density at radius 3 is 2.24 bits per heavy atom. The second-order valence-electron chi connectivity index (χ2n) is 11.1. The molecule has 2 rings (SSSR count). The number of hydrogen-bond donors (Lipinski definition) is 9. The highest BCUT2D eigenvalue weighted by atomic mass is 16.4. The van der Waals surface area contributed by atoms with Crippen molar-refractivity contribution in [3.63, 3.8) is 0 Å². The van der Waals surface area contributed by atoms with Crippen molar-refractivity contribution in [3.05, 3.63) is 29.8 Å². The SMILES string of the molecule is CC[C@H](C)[C@H](NC(=O)[C@H](Cc1ccc(O)cc1)NC(=O)[C@@H](N)CCCN=C(N)N)C(=O)N[C@@H](CO)C(=O)N1CCC[C@H]1C(=O)O. The maximum atomic E-state index is 13.6. The first-order chi connectivity index (χ1) is 21.3. The van der Waals surface area contributed by atoms with E-state index in [2.05, 4.69) is 20.9 Å². The van der Waals surface area contributed by atoms with Gasteiger partial charge in [0.15, 0.2) is 5.96 Å². The van der Waals surface area contributed by atoms with Gasteiger partial charge in [0, 0.05) is 19.5 Å². The maximum Gasteiger partial charge on any atom is 0.326 e. The van der Waals surface area contributed by atoms with E-state index in [0.717, 1.165) is 4.90 Å². The summed E-state index contributed by atoms with van der Waals surface area (Å²) in [6.07, 6.45) is 1.80. The number of phenols is 1. The molecular formula is C29H46N8O8. The zero-order valence-electron chi connectivity index (χ0n) is 25.6. The number of aromatic hydroxyl groups is 1. The average molecular weight is 635 g/mol. The molecule has 16 nitrogen and oxygen atoms in total. The van der Waals surface area contributed by atoms with Gasteiger partial charge in [0.1, 0.15) is 29.9 Å². The molecule has 1 saturated heterocycles. The molecule has 0 saturated carbocycles. The molecule has 16 heteroatoms. The summed E-state index contributed by atoms with van der Waals surface area (Å²) < 4.78 is 0. The zero-order chi connectivity index (χ0) is 33.7. The predicted octanol–water partition coefficient (Wildman–Crippen LogP) is -2.12. The third-order valence-electron chi connectivity index (χ3n) is 7.72. The first-order valence-electron chi connectivity index (χ1n) is 14.9. The molecule has 1 aromatic rings. The number of amides is 4. The first-order valence-corrected chi connectivity index (χ1v) is 14.9. The van der Waals surface area contributed by atoms with Crippen molar-refractivity contribution in [1.29, 1.82) is 0 Å². The molecule has 12 N–H and O–H groups in total. The fraction of sp³-hybridized carbons (Fsp3) is 0.586. The highest BCUT2D eigenvalue weighted by Crippen LogP contribution is 2.19. The molecule has 1 fully saturated rings. The van der Waals surface area contributed by atoms with Crippen LogP contribution in [0.3, 0.4) is 0 Å². The number of benzene rings is 1. The van der Waals surface area contributed by atoms with Gasteiger partial charge >= 0.3 is 5.97 Å². The lowest BCUT2D eigenvalue weighted by Gasteiger charge is -2.30. The number of likely N-dealkylation sites (tertiary alicyclic amines) is 1. The van der Waals surface area contributed by atoms with Crippen LogP contribution in [0.2, 0.25) is 0 Å². The number of carboxylic acids is 1. The van der Waals surface area contributed by atoms with E-state index in [0.29, 0.717) is 24.8 Å². The van der Waals surface area contributed by atoms with E-state index >= 15 is 0 Å². The number of nitrogens with two attached hydrogens (primary N) is 3. The molecule has 4 amide bonds. The van der Waals surface area contributed by atoms with Crippen LogP contribution in [0.25, 0.3) is 0 Å². The van der Waals surface area contributed by atoms with E-state index < -0.39 is 72.3 Å². The summed E-state index contributed by atoms with van der Waals surface area (Å²) in [5, 5.41) is 36.8. The van der Waals surface area contributed by atoms with Crippen molar-refractivity contribution in [3.8, 4) is 5.75 Å². The number of aliphatic hydroxyl groups excluding tert-OH is 1. The summed E-state index contributed by atoms with van der Waals surface area (Å²) in [6, 6.07) is 0.190. The number of guanidine groups is 1. The van der Waals surface area contributed by atoms with Crippen LogP contribution in [-0.2, 0) is 30.4 Å². The second-order valence-corrected chi connectivity index (χ2v) is 11.1. The minimum Gasteiger partial charge on any atom is -0.508 e. The Morgan fingerprint density at radius 2 is 1.67 bits per heavy atom. The van der Waals surface area contributed by atoms with Gasteiger partial charge in [-0.2, -0.15) is 0 Å². The summed E-state index contributed by atoms with van der Waals surface area (Å²) in [4.78, 5) is 69.6. The molecule has 0 unspecified atom stereocenters. The number of phenolic OH excluding ortho intramolecular Hbond substituents is 1. The highest BCUT2D eigenvalue weighted by Gasteiger charge is 2.39. The van der Waals surface area contributed by atoms with Crippen LogP contribution in [0, 0.1) is 5.92 Å². The molecule has 250 valence electrons. The molecule has 0 aliphatic carbocycles. The predicted molar refractivity (Wildman–Crippen MR) is 164 cm³/mol. The number of hydrogen-bond acceptors (Lipinski definition) is 9. The number of aliphatic imine (C=N–C) groups is 1. The van der Waals surface area contributed by atoms with E-state index in [1.165, 1.54) is 12.1 Å². The van der Waals surface area contributed by atoms with Crippen LogP contribution in [-0.4, -0.2) is 106 Å². The molecule has 45 heavy (non-hydrogen) atoms. The van der Waals surface area contributed by atoms with Gasteiger partial charge in [-0.05, 0) is 49.3 Å². The lowest BCUT2D eigenvalue weighted by atomic mass is 9.96. The summed E-state index contributed by atoms with van der Waals surface area (Å²) in [7, 11) is 0. The lowest BCUT2D eigenvalue weighted by Crippen LogP contribution is -2.60. The number of carboxylic acid groups (broad SMARTS) is 1. The van der Waals surface area contributed by atoms with E-state index in [9.17, 15) is 39.3 Å². The zero-order valence-corrected chi connectivity index (χ0v) is 25.6. The molecule has 6 atom stereocenters. The number of carbonyl (C=O) groups excluding carboxylic acids is 4. The van der Waals surface area contributed by atoms with Crippen LogP contribution in [0.4, 0.5) is 0 Å². The average Bonchev–Trinajstić information content (AvgIpc) is 3.51. The van der Waals surface area contributed by atoms with Gasteiger partial charge < -0.3 is 53.4 Å². The minimum atomic E-state index is -1.43. The van der Waals surface area contributed by atoms with Crippen molar-refractivity contribution in [1.82, 2.24) is 20.9 Å². The molecular weight excluding hydrogens is 588 g/mol. The Kier molecular flexibility index (Phi) is 14.5. The molecule has 0 aromatic heterocycles. The van der Waals surface area contributed by atoms with Gasteiger partial charge in [0.25, 0.3) is 0 Å². The maximum absolute atomic E-state index is 13.6. The van der Waals surface area contributed by atoms with E-state index in [4.69, 9.17) is 17.2 Å². The van der Waals surface area contributed by atoms with Crippen molar-refractivity contribution in [2.75, 3.05) is 19.7 Å². The Hall–Kier alpha value is -4.44. The molecule has 1 heterocycles. The Labute approximate surface area is 261 Å². The summed E-state index contributed by atoms with van der Waals surface area (Å²) in [5.41, 5.74) is 17.3. The van der Waals surface area contributed by atoms with Gasteiger partial charge in [0.2, 0.25) is 23.6 Å². The topological polar surface area (TPSA) is 276 Å². The lowest BCUT2D eigenvalue weighted by molar-refractivity contribution is -0.150. The van der Waals surface area contributed by atoms with Crippen LogP contribution in [0.15, 0.2) is 29.3 Å². The van der Waals surface area contributed by atoms with Gasteiger partial charge in [0.05, 0.1) is 12.6 Å². The number of rotatable bonds is 17. The van der Waals surface area contributed by atoms with Crippen LogP contribution in [0.1, 0.15) is 51.5 Å². The largest absolute Gasteiger partial charge is 0.508 e. The standard InChI is InChI=1S/C29H46N8O8/c1-3-16(2)23(26(42)35-21(15-38)27(43)37-13-5-7-22(37)28(44)45)36-25(41)20(14-17-8-10-18(39)11-9-17)34-24(40)19(30)6-4-12-33-29(31)32/h8-11,16,19-23,38-39H,3-7,12-15,30H2,1-2H3,(H,34,40)(H,35,42)(H,36,41)(H,44,45)(H4,31,32,33)/t16-,19-,20-,21-,22-,23-/m0/s1. The van der Waals surface area contributed by atoms with Crippen molar-refractivity contribution in [2.45, 2.75) is 82.6 Å². The third kappa shape index (κ3) is 11.2. The third-order valence-corrected chi connectivity index (χ3v) is 7.72. The quantitative estimate of drug-likeness (QED) is 0.0508. The Morgan fingerprint density at radius 1 is 1.02 bits per heavy atom. The Balaban J connectivity index is 2.22. The molecule has 1 aliphatic rings. The fourth-order valence-corrected chi connectivity index (χ4v) is 4.90. The summed E-state index contributed by atoms with van der Waals surface area (Å²) >= 11 is 0. The van der Waals surface area contributed by atoms with Crippen LogP contribution in [0.5, 0.6) is 5.75 Å². The van der Waals surface area contributed by atoms with Gasteiger partial charge in [-0.25, -0.2) is 4.79 Å². The van der Waals surface area contributed by atoms with E-state index in [1.807, 2.05) is 0 Å². The number of aliphatic hydroxyl groups is 1. The second kappa shape index (κ2) is 17.8. The monoisotopic (exact) mass is 634 g/mol. The van der Waals surface area contributed by atoms with Crippen molar-refractivity contribution < 1.29 is 39.3 Å². The first kappa shape index (κ1) is 36.8. The number of nitrogens with one attached hydrogen (secondary N) is 3. The van der Waals surface area contributed by atoms with Crippen molar-refractivity contribution in [2.24, 2.45) is 28.1 Å². The summed E-state index contributed by atoms with van der Waals surface area (Å²) in [6.45, 7) is 3.16. The van der Waals surface area contributed by atoms with Crippen LogP contribution >= 0.6 is 0 Å². The molecule has 0 bridgehead atoms. The van der Waals surface area contributed by atoms with Crippen molar-refractivity contribution >= 4 is 35.6 Å². The molecule has 1 aliphatic heterocycles. The summed E-state index contributed by atoms with van der Waals surface area (Å²) in [5.74, 6) is -4.52. The number of carbonyl (C=O) groups is 5. The van der Waals surface area contributed by atoms with E-state index in [1.54, 1.807) is 26.0 Å². The highest BCUT2D eigenvalue weighted by molar-refractivity contribution is 5.95.